The molecule has 5 nitrogen and oxygen atoms in total. The van der Waals surface area contributed by atoms with Gasteiger partial charge in [0.1, 0.15) is 5.60 Å². The second-order valence-electron chi connectivity index (χ2n) is 14.6. The lowest BCUT2D eigenvalue weighted by atomic mass is 9.51. The molecule has 0 aliphatic heterocycles. The lowest BCUT2D eigenvalue weighted by Crippen LogP contribution is -2.51. The van der Waals surface area contributed by atoms with E-state index < -0.39 is 20.9 Å². The van der Waals surface area contributed by atoms with Gasteiger partial charge in [0.05, 0.1) is 10.1 Å². The zero-order valence-electron chi connectivity index (χ0n) is 26.8. The molecule has 0 aromatic heterocycles. The van der Waals surface area contributed by atoms with Gasteiger partial charge in [-0.05, 0) is 122 Å². The van der Waals surface area contributed by atoms with Gasteiger partial charge in [0.15, 0.2) is 15.6 Å². The molecule has 45 heavy (non-hydrogen) atoms. The molecule has 0 radical (unpaired) electrons. The number of benzene rings is 2. The summed E-state index contributed by atoms with van der Waals surface area (Å²) in [5, 5.41) is 12.2. The second kappa shape index (κ2) is 11.3. The SMILES string of the molecule is CN(C)c1ccc([C@H]2C[C@@]3(C)[C@@H](CC[C@@]3(O)C#Cc3ccc(S(=O)(=O)C4CCCC4)cc3)[C@@H]3CCC4=CC(=O)CCC4=C32)cc1. The molecule has 6 heteroatoms. The number of anilines is 1. The molecule has 0 spiro atoms. The van der Waals surface area contributed by atoms with Crippen molar-refractivity contribution in [1.29, 1.82) is 0 Å². The minimum atomic E-state index is -3.31. The molecule has 0 amide bonds. The molecular weight excluding hydrogens is 578 g/mol. The van der Waals surface area contributed by atoms with Crippen molar-refractivity contribution in [2.24, 2.45) is 17.3 Å². The van der Waals surface area contributed by atoms with E-state index in [0.717, 1.165) is 69.0 Å². The molecule has 2 aromatic rings. The Morgan fingerprint density at radius 1 is 0.911 bits per heavy atom. The molecule has 3 saturated carbocycles. The molecule has 0 bridgehead atoms. The number of hydrogen-bond acceptors (Lipinski definition) is 5. The Hall–Kier alpha value is -3.14. The molecule has 1 N–H and O–H groups in total. The topological polar surface area (TPSA) is 74.7 Å². The van der Waals surface area contributed by atoms with Crippen LogP contribution in [0.15, 0.2) is 76.2 Å². The van der Waals surface area contributed by atoms with Crippen molar-refractivity contribution in [1.82, 2.24) is 0 Å². The van der Waals surface area contributed by atoms with Crippen LogP contribution >= 0.6 is 0 Å². The maximum Gasteiger partial charge on any atom is 0.181 e. The maximum absolute atomic E-state index is 13.1. The Morgan fingerprint density at radius 2 is 1.62 bits per heavy atom. The van der Waals surface area contributed by atoms with Crippen LogP contribution in [0.1, 0.15) is 94.6 Å². The summed E-state index contributed by atoms with van der Waals surface area (Å²) in [4.78, 5) is 14.9. The van der Waals surface area contributed by atoms with Gasteiger partial charge in [0.25, 0.3) is 0 Å². The second-order valence-corrected chi connectivity index (χ2v) is 16.8. The predicted octanol–water partition coefficient (Wildman–Crippen LogP) is 7.15. The molecule has 0 unspecified atom stereocenters. The molecule has 5 aliphatic rings. The normalized spacial score (nSPS) is 31.4. The van der Waals surface area contributed by atoms with Crippen LogP contribution < -0.4 is 4.90 Å². The number of fused-ring (bicyclic) bond motifs is 4. The Balaban J connectivity index is 1.24. The average molecular weight is 624 g/mol. The molecular formula is C39H45NO4S. The van der Waals surface area contributed by atoms with Crippen LogP contribution in [0, 0.1) is 29.1 Å². The monoisotopic (exact) mass is 623 g/mol. The number of nitrogens with zero attached hydrogens (tertiary/aromatic N) is 1. The van der Waals surface area contributed by atoms with Crippen molar-refractivity contribution in [2.45, 2.75) is 99.2 Å². The van der Waals surface area contributed by atoms with Crippen molar-refractivity contribution >= 4 is 21.3 Å². The summed E-state index contributed by atoms with van der Waals surface area (Å²) >= 11 is 0. The van der Waals surface area contributed by atoms with Gasteiger partial charge in [-0.25, -0.2) is 8.42 Å². The van der Waals surface area contributed by atoms with E-state index in [1.54, 1.807) is 24.3 Å². The smallest absolute Gasteiger partial charge is 0.181 e. The van der Waals surface area contributed by atoms with E-state index in [2.05, 4.69) is 62.0 Å². The average Bonchev–Trinajstić information content (AvgIpc) is 3.67. The summed E-state index contributed by atoms with van der Waals surface area (Å²) in [7, 11) is 0.794. The first-order valence-corrected chi connectivity index (χ1v) is 18.4. The number of rotatable bonds is 4. The Kier molecular flexibility index (Phi) is 7.65. The van der Waals surface area contributed by atoms with Crippen molar-refractivity contribution in [3.05, 3.63) is 82.5 Å². The highest BCUT2D eigenvalue weighted by Gasteiger charge is 2.62. The maximum atomic E-state index is 13.1. The van der Waals surface area contributed by atoms with Crippen LogP contribution in [0.3, 0.4) is 0 Å². The van der Waals surface area contributed by atoms with E-state index in [4.69, 9.17) is 0 Å². The Bertz CT molecular complexity index is 1730. The summed E-state index contributed by atoms with van der Waals surface area (Å²) in [6.45, 7) is 2.26. The molecule has 7 rings (SSSR count). The first-order chi connectivity index (χ1) is 21.5. The highest BCUT2D eigenvalue weighted by molar-refractivity contribution is 7.92. The first kappa shape index (κ1) is 30.5. The summed E-state index contributed by atoms with van der Waals surface area (Å²) in [5.74, 6) is 7.71. The van der Waals surface area contributed by atoms with Crippen molar-refractivity contribution in [3.63, 3.8) is 0 Å². The Morgan fingerprint density at radius 3 is 2.31 bits per heavy atom. The van der Waals surface area contributed by atoms with E-state index in [1.165, 1.54) is 22.3 Å². The van der Waals surface area contributed by atoms with E-state index in [-0.39, 0.29) is 17.0 Å². The van der Waals surface area contributed by atoms with Gasteiger partial charge in [0.2, 0.25) is 0 Å². The van der Waals surface area contributed by atoms with Gasteiger partial charge in [0, 0.05) is 43.1 Å². The largest absolute Gasteiger partial charge is 0.378 e. The number of carbonyl (C=O) groups excluding carboxylic acids is 1. The fraction of sp³-hybridized carbons (Fsp3) is 0.513. The van der Waals surface area contributed by atoms with Crippen LogP contribution in [0.2, 0.25) is 0 Å². The van der Waals surface area contributed by atoms with Gasteiger partial charge in [-0.15, -0.1) is 0 Å². The van der Waals surface area contributed by atoms with Crippen molar-refractivity contribution in [2.75, 3.05) is 19.0 Å². The van der Waals surface area contributed by atoms with Crippen molar-refractivity contribution in [3.8, 4) is 11.8 Å². The Labute approximate surface area is 268 Å². The molecule has 2 aromatic carbocycles. The summed E-state index contributed by atoms with van der Waals surface area (Å²) in [5.41, 5.74) is 5.76. The molecule has 0 heterocycles. The molecule has 5 aliphatic carbocycles. The number of aliphatic hydroxyl groups is 1. The third-order valence-electron chi connectivity index (χ3n) is 12.0. The lowest BCUT2D eigenvalue weighted by molar-refractivity contribution is -0.114. The zero-order valence-corrected chi connectivity index (χ0v) is 27.6. The molecule has 5 atom stereocenters. The van der Waals surface area contributed by atoms with Crippen LogP contribution in [0.25, 0.3) is 0 Å². The third-order valence-corrected chi connectivity index (χ3v) is 14.3. The fourth-order valence-corrected chi connectivity index (χ4v) is 11.3. The summed E-state index contributed by atoms with van der Waals surface area (Å²) in [6, 6.07) is 15.8. The van der Waals surface area contributed by atoms with E-state index in [0.29, 0.717) is 29.6 Å². The van der Waals surface area contributed by atoms with E-state index in [1.807, 2.05) is 6.08 Å². The minimum absolute atomic E-state index is 0.158. The van der Waals surface area contributed by atoms with Crippen LogP contribution in [0.4, 0.5) is 5.69 Å². The highest BCUT2D eigenvalue weighted by atomic mass is 32.2. The minimum Gasteiger partial charge on any atom is -0.378 e. The van der Waals surface area contributed by atoms with Gasteiger partial charge >= 0.3 is 0 Å². The summed E-state index contributed by atoms with van der Waals surface area (Å²) in [6.07, 6.45) is 11.0. The van der Waals surface area contributed by atoms with Gasteiger partial charge < -0.3 is 10.0 Å². The lowest BCUT2D eigenvalue weighted by Gasteiger charge is -2.53. The number of hydrogen-bond donors (Lipinski definition) is 1. The van der Waals surface area contributed by atoms with Gasteiger partial charge in [-0.2, -0.15) is 0 Å². The van der Waals surface area contributed by atoms with Crippen molar-refractivity contribution < 1.29 is 18.3 Å². The van der Waals surface area contributed by atoms with Crippen LogP contribution in [0.5, 0.6) is 0 Å². The number of sulfone groups is 1. The predicted molar refractivity (Wildman–Crippen MR) is 179 cm³/mol. The van der Waals surface area contributed by atoms with Crippen LogP contribution in [-0.2, 0) is 14.6 Å². The molecule has 236 valence electrons. The van der Waals surface area contributed by atoms with Gasteiger partial charge in [-0.3, -0.25) is 4.79 Å². The quantitative estimate of drug-likeness (QED) is 0.366. The third kappa shape index (κ3) is 5.11. The number of carbonyl (C=O) groups is 1. The van der Waals surface area contributed by atoms with E-state index in [9.17, 15) is 18.3 Å². The van der Waals surface area contributed by atoms with E-state index >= 15 is 0 Å². The fourth-order valence-electron chi connectivity index (χ4n) is 9.47. The van der Waals surface area contributed by atoms with Gasteiger partial charge in [-0.1, -0.05) is 49.3 Å². The van der Waals surface area contributed by atoms with Crippen LogP contribution in [-0.4, -0.2) is 44.3 Å². The molecule has 0 saturated heterocycles. The first-order valence-electron chi connectivity index (χ1n) is 16.8. The molecule has 3 fully saturated rings. The zero-order chi connectivity index (χ0) is 31.6. The summed E-state index contributed by atoms with van der Waals surface area (Å²) < 4.78 is 26.2. The number of allylic oxidation sites excluding steroid dienone is 4. The standard InChI is InChI=1S/C39H45NO4S/c1-38-25-35(27-10-13-29(14-11-27)40(2)3)37-33-19-15-30(41)24-28(33)12-18-34(37)36(38)21-23-39(38,42)22-20-26-8-16-32(17-9-26)45(43,44)31-6-4-5-7-31/h8-11,13-14,16-17,24,31,34-36,42H,4-7,12,15,18-19,21,23,25H2,1-3H3/t34-,35+,36-,38-,39-/m0/s1. The highest BCUT2D eigenvalue weighted by Crippen LogP contribution is 2.66. The number of ketones is 1.